The molecule has 0 saturated heterocycles. The Balaban J connectivity index is 1.90. The highest BCUT2D eigenvalue weighted by Gasteiger charge is 2.17. The van der Waals surface area contributed by atoms with Crippen molar-refractivity contribution in [3.63, 3.8) is 0 Å². The summed E-state index contributed by atoms with van der Waals surface area (Å²) < 4.78 is 6.11. The first-order valence-corrected chi connectivity index (χ1v) is 10.8. The molecule has 3 aromatic rings. The Labute approximate surface area is 207 Å². The van der Waals surface area contributed by atoms with E-state index in [1.54, 1.807) is 42.5 Å². The normalized spacial score (nSPS) is 10.8. The number of carbonyl (C=O) groups excluding carboxylic acids is 2. The van der Waals surface area contributed by atoms with Crippen LogP contribution in [0.5, 0.6) is 5.75 Å². The molecule has 0 atom stereocenters. The van der Waals surface area contributed by atoms with Crippen LogP contribution in [-0.4, -0.2) is 16.8 Å². The van der Waals surface area contributed by atoms with Gasteiger partial charge in [0.15, 0.2) is 0 Å². The molecule has 0 heterocycles. The number of hydrogen-bond acceptors (Lipinski definition) is 6. The summed E-state index contributed by atoms with van der Waals surface area (Å²) in [5.41, 5.74) is 0.959. The van der Waals surface area contributed by atoms with E-state index >= 15 is 0 Å². The van der Waals surface area contributed by atoms with E-state index in [0.29, 0.717) is 10.0 Å². The van der Waals surface area contributed by atoms with Crippen molar-refractivity contribution in [3.8, 4) is 11.8 Å². The monoisotopic (exact) mass is 539 g/mol. The number of ether oxygens (including phenoxy) is 1. The molecule has 34 heavy (non-hydrogen) atoms. The molecule has 8 nitrogen and oxygen atoms in total. The first-order chi connectivity index (χ1) is 16.2. The fourth-order valence-corrected chi connectivity index (χ4v) is 3.33. The minimum atomic E-state index is -0.847. The van der Waals surface area contributed by atoms with E-state index in [1.165, 1.54) is 24.3 Å². The van der Waals surface area contributed by atoms with E-state index in [-0.39, 0.29) is 33.3 Å². The van der Waals surface area contributed by atoms with E-state index in [0.717, 1.165) is 11.6 Å². The topological polar surface area (TPSA) is 122 Å². The summed E-state index contributed by atoms with van der Waals surface area (Å²) in [6, 6.07) is 16.9. The van der Waals surface area contributed by atoms with Crippen LogP contribution in [0.4, 0.5) is 11.4 Å². The van der Waals surface area contributed by atoms with E-state index in [9.17, 15) is 25.0 Å². The van der Waals surface area contributed by atoms with Gasteiger partial charge in [0, 0.05) is 22.2 Å². The van der Waals surface area contributed by atoms with Gasteiger partial charge in [-0.15, -0.1) is 0 Å². The number of amides is 1. The number of halogens is 2. The van der Waals surface area contributed by atoms with Crippen molar-refractivity contribution in [2.24, 2.45) is 0 Å². The first kappa shape index (κ1) is 24.6. The molecule has 0 aliphatic rings. The van der Waals surface area contributed by atoms with E-state index in [2.05, 4.69) is 21.2 Å². The lowest BCUT2D eigenvalue weighted by molar-refractivity contribution is -0.384. The summed E-state index contributed by atoms with van der Waals surface area (Å²) in [4.78, 5) is 35.6. The van der Waals surface area contributed by atoms with Crippen molar-refractivity contribution in [1.29, 1.82) is 5.26 Å². The Morgan fingerprint density at radius 2 is 1.85 bits per heavy atom. The number of hydrogen-bond donors (Lipinski definition) is 1. The Kier molecular flexibility index (Phi) is 7.79. The third-order valence-electron chi connectivity index (χ3n) is 4.54. The zero-order valence-electron chi connectivity index (χ0n) is 17.5. The smallest absolute Gasteiger partial charge is 0.343 e. The molecular weight excluding hydrogens is 526 g/mol. The van der Waals surface area contributed by atoms with Gasteiger partial charge in [0.2, 0.25) is 0 Å². The van der Waals surface area contributed by atoms with E-state index in [4.69, 9.17) is 16.3 Å². The van der Waals surface area contributed by atoms with Crippen LogP contribution in [0.3, 0.4) is 0 Å². The second-order valence-corrected chi connectivity index (χ2v) is 8.31. The molecular formula is C24H15BrClN3O5. The number of nitrogens with one attached hydrogen (secondary N) is 1. The number of rotatable bonds is 6. The van der Waals surface area contributed by atoms with E-state index in [1.807, 2.05) is 6.92 Å². The van der Waals surface area contributed by atoms with Crippen LogP contribution in [0.1, 0.15) is 21.5 Å². The highest BCUT2D eigenvalue weighted by Crippen LogP contribution is 2.29. The molecule has 0 aromatic heterocycles. The van der Waals surface area contributed by atoms with Crippen LogP contribution in [0.25, 0.3) is 6.08 Å². The number of nitro benzene ring substituents is 1. The van der Waals surface area contributed by atoms with Gasteiger partial charge < -0.3 is 10.1 Å². The summed E-state index contributed by atoms with van der Waals surface area (Å²) in [5, 5.41) is 23.0. The number of non-ortho nitro benzene ring substituents is 1. The third kappa shape index (κ3) is 6.07. The van der Waals surface area contributed by atoms with Gasteiger partial charge in [-0.3, -0.25) is 14.9 Å². The number of nitriles is 1. The Morgan fingerprint density at radius 3 is 2.50 bits per heavy atom. The number of carbonyl (C=O) groups is 2. The van der Waals surface area contributed by atoms with Gasteiger partial charge in [0.05, 0.1) is 21.2 Å². The summed E-state index contributed by atoms with van der Waals surface area (Å²) in [5.74, 6) is -1.33. The Morgan fingerprint density at radius 1 is 1.15 bits per heavy atom. The highest BCUT2D eigenvalue weighted by molar-refractivity contribution is 9.10. The second-order valence-electron chi connectivity index (χ2n) is 6.98. The Bertz CT molecular complexity index is 1360. The zero-order chi connectivity index (χ0) is 24.8. The lowest BCUT2D eigenvalue weighted by Crippen LogP contribution is -2.14. The number of nitrogens with zero attached hydrogens (tertiary/aromatic N) is 2. The Hall–Kier alpha value is -4.00. The molecule has 0 unspecified atom stereocenters. The molecule has 0 fully saturated rings. The molecule has 1 amide bonds. The van der Waals surface area contributed by atoms with Gasteiger partial charge in [0.25, 0.3) is 11.6 Å². The molecule has 0 spiro atoms. The summed E-state index contributed by atoms with van der Waals surface area (Å²) in [6.45, 7) is 1.89. The van der Waals surface area contributed by atoms with E-state index < -0.39 is 16.8 Å². The largest absolute Gasteiger partial charge is 0.422 e. The molecule has 0 radical (unpaired) electrons. The van der Waals surface area contributed by atoms with Crippen molar-refractivity contribution >= 4 is 56.9 Å². The fourth-order valence-electron chi connectivity index (χ4n) is 2.79. The maximum Gasteiger partial charge on any atom is 0.343 e. The standard InChI is InChI=1S/C24H15BrClN3O5/c1-14-2-4-15(5-3-14)24(31)34-22-9-6-18(25)11-16(22)10-17(13-27)23(30)28-21-12-19(29(32)33)7-8-20(21)26/h2-12H,1H3,(H,28,30)/b17-10+. The number of benzene rings is 3. The number of nitro groups is 1. The molecule has 3 aromatic carbocycles. The van der Waals surface area contributed by atoms with Crippen LogP contribution < -0.4 is 10.1 Å². The van der Waals surface area contributed by atoms with Crippen molar-refractivity contribution in [2.45, 2.75) is 6.92 Å². The second kappa shape index (κ2) is 10.7. The molecule has 0 bridgehead atoms. The number of esters is 1. The summed E-state index contributed by atoms with van der Waals surface area (Å²) in [7, 11) is 0. The van der Waals surface area contributed by atoms with Crippen molar-refractivity contribution < 1.29 is 19.2 Å². The van der Waals surface area contributed by atoms with Crippen molar-refractivity contribution in [3.05, 3.63) is 103 Å². The van der Waals surface area contributed by atoms with Gasteiger partial charge in [-0.25, -0.2) is 4.79 Å². The zero-order valence-corrected chi connectivity index (χ0v) is 19.9. The molecule has 10 heteroatoms. The highest BCUT2D eigenvalue weighted by atomic mass is 79.9. The quantitative estimate of drug-likeness (QED) is 0.101. The fraction of sp³-hybridized carbons (Fsp3) is 0.0417. The van der Waals surface area contributed by atoms with Gasteiger partial charge in [-0.05, 0) is 49.4 Å². The molecule has 0 aliphatic heterocycles. The minimum absolute atomic E-state index is 0.0257. The number of aryl methyl sites for hydroxylation is 1. The van der Waals surface area contributed by atoms with Gasteiger partial charge in [-0.1, -0.05) is 45.2 Å². The van der Waals surface area contributed by atoms with Gasteiger partial charge in [-0.2, -0.15) is 5.26 Å². The van der Waals surface area contributed by atoms with Gasteiger partial charge in [0.1, 0.15) is 17.4 Å². The van der Waals surface area contributed by atoms with Crippen LogP contribution in [-0.2, 0) is 4.79 Å². The predicted molar refractivity (Wildman–Crippen MR) is 131 cm³/mol. The average Bonchev–Trinajstić information content (AvgIpc) is 2.80. The van der Waals surface area contributed by atoms with Crippen LogP contribution in [0, 0.1) is 28.4 Å². The lowest BCUT2D eigenvalue weighted by atomic mass is 10.1. The maximum atomic E-state index is 12.7. The minimum Gasteiger partial charge on any atom is -0.422 e. The van der Waals surface area contributed by atoms with Crippen LogP contribution in [0.2, 0.25) is 5.02 Å². The predicted octanol–water partition coefficient (Wildman–Crippen LogP) is 6.08. The van der Waals surface area contributed by atoms with Crippen LogP contribution in [0.15, 0.2) is 70.7 Å². The summed E-state index contributed by atoms with van der Waals surface area (Å²) in [6.07, 6.45) is 1.24. The van der Waals surface area contributed by atoms with Gasteiger partial charge >= 0.3 is 5.97 Å². The molecule has 0 saturated carbocycles. The maximum absolute atomic E-state index is 12.7. The molecule has 3 rings (SSSR count). The summed E-state index contributed by atoms with van der Waals surface area (Å²) >= 11 is 9.34. The third-order valence-corrected chi connectivity index (χ3v) is 5.36. The molecule has 1 N–H and O–H groups in total. The average molecular weight is 541 g/mol. The van der Waals surface area contributed by atoms with Crippen molar-refractivity contribution in [2.75, 3.05) is 5.32 Å². The number of anilines is 1. The molecule has 170 valence electrons. The SMILES string of the molecule is Cc1ccc(C(=O)Oc2ccc(Br)cc2/C=C(\C#N)C(=O)Nc2cc([N+](=O)[O-])ccc2Cl)cc1. The molecule has 0 aliphatic carbocycles. The van der Waals surface area contributed by atoms with Crippen molar-refractivity contribution in [1.82, 2.24) is 0 Å². The first-order valence-electron chi connectivity index (χ1n) is 9.63. The lowest BCUT2D eigenvalue weighted by Gasteiger charge is -2.10. The van der Waals surface area contributed by atoms with Crippen LogP contribution >= 0.6 is 27.5 Å².